The SMILES string of the molecule is CC1CC(C)C(O)C(N(C)C)C1. The number of rotatable bonds is 1. The van der Waals surface area contributed by atoms with Gasteiger partial charge in [0.25, 0.3) is 0 Å². The van der Waals surface area contributed by atoms with Gasteiger partial charge in [-0.05, 0) is 38.8 Å². The number of hydrogen-bond acceptors (Lipinski definition) is 2. The van der Waals surface area contributed by atoms with E-state index in [0.29, 0.717) is 12.0 Å². The van der Waals surface area contributed by atoms with Gasteiger partial charge < -0.3 is 10.0 Å². The van der Waals surface area contributed by atoms with Crippen LogP contribution in [0, 0.1) is 11.8 Å². The summed E-state index contributed by atoms with van der Waals surface area (Å²) in [4.78, 5) is 2.15. The number of aliphatic hydroxyl groups excluding tert-OH is 1. The second-order valence-corrected chi connectivity index (χ2v) is 4.58. The first-order valence-electron chi connectivity index (χ1n) is 4.87. The Bertz CT molecular complexity index is 147. The van der Waals surface area contributed by atoms with Crippen LogP contribution >= 0.6 is 0 Å². The van der Waals surface area contributed by atoms with E-state index in [1.165, 1.54) is 6.42 Å². The first kappa shape index (κ1) is 10.0. The lowest BCUT2D eigenvalue weighted by atomic mass is 9.78. The first-order valence-corrected chi connectivity index (χ1v) is 4.87. The molecule has 0 radical (unpaired) electrons. The van der Waals surface area contributed by atoms with Gasteiger partial charge in [-0.25, -0.2) is 0 Å². The molecule has 1 fully saturated rings. The molecule has 1 saturated carbocycles. The number of aliphatic hydroxyl groups is 1. The van der Waals surface area contributed by atoms with Crippen molar-refractivity contribution in [1.82, 2.24) is 4.90 Å². The highest BCUT2D eigenvalue weighted by molar-refractivity contribution is 4.87. The van der Waals surface area contributed by atoms with Crippen LogP contribution in [0.3, 0.4) is 0 Å². The van der Waals surface area contributed by atoms with E-state index in [1.54, 1.807) is 0 Å². The van der Waals surface area contributed by atoms with Crippen molar-refractivity contribution in [3.8, 4) is 0 Å². The molecule has 0 amide bonds. The van der Waals surface area contributed by atoms with Crippen LogP contribution in [-0.2, 0) is 0 Å². The molecular weight excluding hydrogens is 150 g/mol. The number of hydrogen-bond donors (Lipinski definition) is 1. The predicted molar refractivity (Wildman–Crippen MR) is 51.0 cm³/mol. The normalized spacial score (nSPS) is 43.5. The van der Waals surface area contributed by atoms with E-state index in [2.05, 4.69) is 32.8 Å². The maximum atomic E-state index is 9.88. The standard InChI is InChI=1S/C10H21NO/c1-7-5-8(2)10(12)9(6-7)11(3)4/h7-10,12H,5-6H2,1-4H3. The predicted octanol–water partition coefficient (Wildman–Crippen LogP) is 1.34. The van der Waals surface area contributed by atoms with Crippen molar-refractivity contribution >= 4 is 0 Å². The fraction of sp³-hybridized carbons (Fsp3) is 1.00. The molecule has 0 spiro atoms. The van der Waals surface area contributed by atoms with Gasteiger partial charge in [-0.1, -0.05) is 13.8 Å². The maximum Gasteiger partial charge on any atom is 0.0720 e. The Balaban J connectivity index is 2.60. The monoisotopic (exact) mass is 171 g/mol. The van der Waals surface area contributed by atoms with Gasteiger partial charge in [-0.3, -0.25) is 0 Å². The zero-order valence-electron chi connectivity index (χ0n) is 8.62. The molecule has 1 aliphatic rings. The van der Waals surface area contributed by atoms with Gasteiger partial charge in [0.15, 0.2) is 0 Å². The van der Waals surface area contributed by atoms with Gasteiger partial charge in [0.2, 0.25) is 0 Å². The number of nitrogens with zero attached hydrogens (tertiary/aromatic N) is 1. The Labute approximate surface area is 75.6 Å². The van der Waals surface area contributed by atoms with E-state index in [4.69, 9.17) is 0 Å². The molecule has 0 aromatic carbocycles. The minimum absolute atomic E-state index is 0.129. The molecule has 0 saturated heterocycles. The molecule has 2 heteroatoms. The van der Waals surface area contributed by atoms with Crippen molar-refractivity contribution in [2.45, 2.75) is 38.8 Å². The van der Waals surface area contributed by atoms with E-state index in [0.717, 1.165) is 12.3 Å². The summed E-state index contributed by atoms with van der Waals surface area (Å²) in [5, 5.41) is 9.88. The van der Waals surface area contributed by atoms with Gasteiger partial charge in [-0.2, -0.15) is 0 Å². The second kappa shape index (κ2) is 3.75. The van der Waals surface area contributed by atoms with Gasteiger partial charge in [-0.15, -0.1) is 0 Å². The Morgan fingerprint density at radius 1 is 1.17 bits per heavy atom. The van der Waals surface area contributed by atoms with Crippen LogP contribution in [0.4, 0.5) is 0 Å². The highest BCUT2D eigenvalue weighted by Crippen LogP contribution is 2.30. The average molecular weight is 171 g/mol. The fourth-order valence-corrected chi connectivity index (χ4v) is 2.32. The van der Waals surface area contributed by atoms with Crippen LogP contribution in [0.2, 0.25) is 0 Å². The highest BCUT2D eigenvalue weighted by atomic mass is 16.3. The molecule has 0 aromatic heterocycles. The third-order valence-electron chi connectivity index (χ3n) is 3.06. The molecule has 0 aromatic rings. The van der Waals surface area contributed by atoms with Crippen LogP contribution in [0.5, 0.6) is 0 Å². The lowest BCUT2D eigenvalue weighted by Crippen LogP contribution is -2.47. The van der Waals surface area contributed by atoms with Crippen LogP contribution in [-0.4, -0.2) is 36.2 Å². The summed E-state index contributed by atoms with van der Waals surface area (Å²) in [6.45, 7) is 4.43. The molecule has 1 rings (SSSR count). The largest absolute Gasteiger partial charge is 0.391 e. The summed E-state index contributed by atoms with van der Waals surface area (Å²) >= 11 is 0. The summed E-state index contributed by atoms with van der Waals surface area (Å²) < 4.78 is 0. The Morgan fingerprint density at radius 2 is 1.75 bits per heavy atom. The lowest BCUT2D eigenvalue weighted by Gasteiger charge is -2.39. The molecule has 4 unspecified atom stereocenters. The molecule has 12 heavy (non-hydrogen) atoms. The zero-order valence-corrected chi connectivity index (χ0v) is 8.62. The van der Waals surface area contributed by atoms with Crippen LogP contribution in [0.1, 0.15) is 26.7 Å². The van der Waals surface area contributed by atoms with E-state index < -0.39 is 0 Å². The minimum atomic E-state index is -0.129. The third-order valence-corrected chi connectivity index (χ3v) is 3.06. The van der Waals surface area contributed by atoms with Gasteiger partial charge in [0.05, 0.1) is 6.10 Å². The van der Waals surface area contributed by atoms with Crippen molar-refractivity contribution in [2.24, 2.45) is 11.8 Å². The van der Waals surface area contributed by atoms with E-state index in [-0.39, 0.29) is 6.10 Å². The molecule has 0 aliphatic heterocycles. The molecule has 0 bridgehead atoms. The summed E-state index contributed by atoms with van der Waals surface area (Å²) in [5.74, 6) is 1.22. The van der Waals surface area contributed by atoms with E-state index in [1.807, 2.05) is 0 Å². The first-order chi connectivity index (χ1) is 5.52. The lowest BCUT2D eigenvalue weighted by molar-refractivity contribution is -0.0103. The van der Waals surface area contributed by atoms with Crippen molar-refractivity contribution in [2.75, 3.05) is 14.1 Å². The number of likely N-dealkylation sites (N-methyl/N-ethyl adjacent to an activating group) is 1. The molecule has 2 nitrogen and oxygen atoms in total. The Morgan fingerprint density at radius 3 is 2.25 bits per heavy atom. The topological polar surface area (TPSA) is 23.5 Å². The Hall–Kier alpha value is -0.0800. The second-order valence-electron chi connectivity index (χ2n) is 4.58. The summed E-state index contributed by atoms with van der Waals surface area (Å²) in [6, 6.07) is 0.365. The molecule has 1 aliphatic carbocycles. The molecule has 1 N–H and O–H groups in total. The van der Waals surface area contributed by atoms with E-state index in [9.17, 15) is 5.11 Å². The van der Waals surface area contributed by atoms with Gasteiger partial charge in [0.1, 0.15) is 0 Å². The van der Waals surface area contributed by atoms with Crippen molar-refractivity contribution in [1.29, 1.82) is 0 Å². The van der Waals surface area contributed by atoms with Crippen LogP contribution in [0.15, 0.2) is 0 Å². The summed E-state index contributed by atoms with van der Waals surface area (Å²) in [5.41, 5.74) is 0. The third kappa shape index (κ3) is 1.99. The van der Waals surface area contributed by atoms with E-state index >= 15 is 0 Å². The van der Waals surface area contributed by atoms with Crippen LogP contribution in [0.25, 0.3) is 0 Å². The fourth-order valence-electron chi connectivity index (χ4n) is 2.32. The van der Waals surface area contributed by atoms with Crippen LogP contribution < -0.4 is 0 Å². The van der Waals surface area contributed by atoms with Crippen molar-refractivity contribution in [3.63, 3.8) is 0 Å². The molecular formula is C10H21NO. The smallest absolute Gasteiger partial charge is 0.0720 e. The van der Waals surface area contributed by atoms with Crippen molar-refractivity contribution in [3.05, 3.63) is 0 Å². The summed E-state index contributed by atoms with van der Waals surface area (Å²) in [7, 11) is 4.11. The molecule has 4 atom stereocenters. The van der Waals surface area contributed by atoms with Crippen molar-refractivity contribution < 1.29 is 5.11 Å². The maximum absolute atomic E-state index is 9.88. The molecule has 0 heterocycles. The molecule has 72 valence electrons. The Kier molecular flexibility index (Phi) is 3.13. The van der Waals surface area contributed by atoms with Gasteiger partial charge >= 0.3 is 0 Å². The zero-order chi connectivity index (χ0) is 9.30. The highest BCUT2D eigenvalue weighted by Gasteiger charge is 2.33. The quantitative estimate of drug-likeness (QED) is 0.643. The van der Waals surface area contributed by atoms with Gasteiger partial charge in [0, 0.05) is 6.04 Å². The minimum Gasteiger partial charge on any atom is -0.391 e. The average Bonchev–Trinajstić information content (AvgIpc) is 1.96. The summed E-state index contributed by atoms with van der Waals surface area (Å²) in [6.07, 6.45) is 2.18.